The highest BCUT2D eigenvalue weighted by atomic mass is 19.4. The van der Waals surface area contributed by atoms with Crippen molar-refractivity contribution < 1.29 is 32.5 Å². The molecule has 1 aromatic carbocycles. The van der Waals surface area contributed by atoms with E-state index in [9.17, 15) is 28.1 Å². The summed E-state index contributed by atoms with van der Waals surface area (Å²) in [5.74, 6) is -1.13. The van der Waals surface area contributed by atoms with Crippen LogP contribution in [0, 0.1) is 10.1 Å². The van der Waals surface area contributed by atoms with Gasteiger partial charge in [0, 0.05) is 12.1 Å². The summed E-state index contributed by atoms with van der Waals surface area (Å²) in [7, 11) is 1.20. The fourth-order valence-corrected chi connectivity index (χ4v) is 1.23. The second-order valence-electron chi connectivity index (χ2n) is 3.48. The van der Waals surface area contributed by atoms with Crippen LogP contribution in [-0.2, 0) is 4.84 Å². The quantitative estimate of drug-likeness (QED) is 0.660. The normalized spacial score (nSPS) is 11.0. The summed E-state index contributed by atoms with van der Waals surface area (Å²) in [5.41, 5.74) is 0.809. The number of nitrogens with zero attached hydrogens (tertiary/aromatic N) is 1. The Hall–Kier alpha value is -2.36. The van der Waals surface area contributed by atoms with Crippen LogP contribution in [0.5, 0.6) is 5.75 Å². The Morgan fingerprint density at radius 2 is 2.10 bits per heavy atom. The number of nitro groups is 1. The molecule has 0 fully saturated rings. The van der Waals surface area contributed by atoms with Crippen molar-refractivity contribution in [2.24, 2.45) is 0 Å². The highest BCUT2D eigenvalue weighted by Crippen LogP contribution is 2.24. The van der Waals surface area contributed by atoms with Gasteiger partial charge in [0.1, 0.15) is 5.75 Å². The number of hydrogen-bond acceptors (Lipinski definition) is 5. The maximum absolute atomic E-state index is 11.8. The van der Waals surface area contributed by atoms with Gasteiger partial charge in [-0.25, -0.2) is 5.48 Å². The number of carbonyl (C=O) groups is 1. The fourth-order valence-electron chi connectivity index (χ4n) is 1.23. The van der Waals surface area contributed by atoms with Crippen molar-refractivity contribution >= 4 is 11.6 Å². The lowest BCUT2D eigenvalue weighted by atomic mass is 10.1. The van der Waals surface area contributed by atoms with Gasteiger partial charge in [-0.3, -0.25) is 19.7 Å². The standard InChI is InChI=1S/C10H9F3N2O5/c1-19-8-3-2-6(15(17)18)4-7(8)9(16)14-20-5-10(11,12)13/h2-4H,5H2,1H3,(H,14,16). The lowest BCUT2D eigenvalue weighted by Crippen LogP contribution is -2.29. The van der Waals surface area contributed by atoms with E-state index in [-0.39, 0.29) is 11.3 Å². The van der Waals surface area contributed by atoms with Gasteiger partial charge in [-0.15, -0.1) is 0 Å². The minimum Gasteiger partial charge on any atom is -0.496 e. The van der Waals surface area contributed by atoms with E-state index in [1.807, 2.05) is 0 Å². The van der Waals surface area contributed by atoms with Crippen LogP contribution < -0.4 is 10.2 Å². The van der Waals surface area contributed by atoms with E-state index >= 15 is 0 Å². The number of benzene rings is 1. The number of rotatable bonds is 5. The number of nitro benzene ring substituents is 1. The van der Waals surface area contributed by atoms with Crippen LogP contribution in [0.15, 0.2) is 18.2 Å². The van der Waals surface area contributed by atoms with E-state index in [1.165, 1.54) is 12.6 Å². The zero-order chi connectivity index (χ0) is 15.3. The van der Waals surface area contributed by atoms with Gasteiger partial charge in [-0.2, -0.15) is 13.2 Å². The van der Waals surface area contributed by atoms with Crippen molar-refractivity contribution in [3.05, 3.63) is 33.9 Å². The van der Waals surface area contributed by atoms with Gasteiger partial charge in [0.2, 0.25) is 0 Å². The third-order valence-corrected chi connectivity index (χ3v) is 2.04. The van der Waals surface area contributed by atoms with Crippen LogP contribution >= 0.6 is 0 Å². The second kappa shape index (κ2) is 6.19. The minimum atomic E-state index is -4.61. The maximum Gasteiger partial charge on any atom is 0.414 e. The van der Waals surface area contributed by atoms with Crippen LogP contribution in [-0.4, -0.2) is 30.7 Å². The molecule has 0 spiro atoms. The smallest absolute Gasteiger partial charge is 0.414 e. The lowest BCUT2D eigenvalue weighted by Gasteiger charge is -2.10. The SMILES string of the molecule is COc1ccc([N+](=O)[O-])cc1C(=O)NOCC(F)(F)F. The Balaban J connectivity index is 2.85. The van der Waals surface area contributed by atoms with Gasteiger partial charge in [0.05, 0.1) is 17.6 Å². The lowest BCUT2D eigenvalue weighted by molar-refractivity contribution is -0.384. The van der Waals surface area contributed by atoms with Crippen molar-refractivity contribution in [3.63, 3.8) is 0 Å². The highest BCUT2D eigenvalue weighted by Gasteiger charge is 2.28. The van der Waals surface area contributed by atoms with Crippen molar-refractivity contribution in [2.45, 2.75) is 6.18 Å². The third kappa shape index (κ3) is 4.39. The molecule has 1 amide bonds. The van der Waals surface area contributed by atoms with E-state index in [1.54, 1.807) is 0 Å². The number of methoxy groups -OCH3 is 1. The summed E-state index contributed by atoms with van der Waals surface area (Å²) in [4.78, 5) is 25.4. The molecule has 0 heterocycles. The van der Waals surface area contributed by atoms with Gasteiger partial charge in [0.25, 0.3) is 11.6 Å². The number of carbonyl (C=O) groups excluding carboxylic acids is 1. The van der Waals surface area contributed by atoms with E-state index in [4.69, 9.17) is 4.74 Å². The molecule has 0 aliphatic carbocycles. The number of hydroxylamine groups is 1. The predicted molar refractivity (Wildman–Crippen MR) is 59.1 cm³/mol. The van der Waals surface area contributed by atoms with E-state index < -0.39 is 29.3 Å². The first kappa shape index (κ1) is 15.7. The van der Waals surface area contributed by atoms with Gasteiger partial charge < -0.3 is 4.74 Å². The molecule has 20 heavy (non-hydrogen) atoms. The van der Waals surface area contributed by atoms with Gasteiger partial charge in [0.15, 0.2) is 6.61 Å². The molecule has 1 N–H and O–H groups in total. The molecule has 0 saturated carbocycles. The number of non-ortho nitro benzene ring substituents is 1. The number of ether oxygens (including phenoxy) is 1. The van der Waals surface area contributed by atoms with Crippen LogP contribution in [0.25, 0.3) is 0 Å². The first-order valence-corrected chi connectivity index (χ1v) is 5.06. The van der Waals surface area contributed by atoms with Crippen LogP contribution in [0.1, 0.15) is 10.4 Å². The Labute approximate surface area is 110 Å². The van der Waals surface area contributed by atoms with E-state index in [2.05, 4.69) is 4.84 Å². The molecule has 0 saturated heterocycles. The largest absolute Gasteiger partial charge is 0.496 e. The van der Waals surface area contributed by atoms with Crippen molar-refractivity contribution in [1.29, 1.82) is 0 Å². The highest BCUT2D eigenvalue weighted by molar-refractivity contribution is 5.96. The summed E-state index contributed by atoms with van der Waals surface area (Å²) in [6.45, 7) is -1.68. The summed E-state index contributed by atoms with van der Waals surface area (Å²) < 4.78 is 40.3. The van der Waals surface area contributed by atoms with Gasteiger partial charge in [-0.1, -0.05) is 0 Å². The molecule has 7 nitrogen and oxygen atoms in total. The van der Waals surface area contributed by atoms with Gasteiger partial charge >= 0.3 is 6.18 Å². The molecule has 10 heteroatoms. The zero-order valence-electron chi connectivity index (χ0n) is 10.1. The molecule has 1 aromatic rings. The van der Waals surface area contributed by atoms with Crippen molar-refractivity contribution in [1.82, 2.24) is 5.48 Å². The Bertz CT molecular complexity index is 518. The average Bonchev–Trinajstić information content (AvgIpc) is 2.36. The minimum absolute atomic E-state index is 0.0382. The second-order valence-corrected chi connectivity index (χ2v) is 3.48. The maximum atomic E-state index is 11.8. The number of hydrogen-bond donors (Lipinski definition) is 1. The van der Waals surface area contributed by atoms with E-state index in [0.29, 0.717) is 0 Å². The summed E-state index contributed by atoms with van der Waals surface area (Å²) in [5, 5.41) is 10.6. The molecule has 0 unspecified atom stereocenters. The van der Waals surface area contributed by atoms with Crippen molar-refractivity contribution in [3.8, 4) is 5.75 Å². The first-order valence-electron chi connectivity index (χ1n) is 5.06. The Morgan fingerprint density at radius 3 is 2.60 bits per heavy atom. The summed E-state index contributed by atoms with van der Waals surface area (Å²) >= 11 is 0. The zero-order valence-corrected chi connectivity index (χ0v) is 10.1. The number of nitrogens with one attached hydrogen (secondary N) is 1. The van der Waals surface area contributed by atoms with Crippen molar-refractivity contribution in [2.75, 3.05) is 13.7 Å². The Morgan fingerprint density at radius 1 is 1.45 bits per heavy atom. The molecule has 0 aromatic heterocycles. The summed E-state index contributed by atoms with van der Waals surface area (Å²) in [6.07, 6.45) is -4.61. The molecular weight excluding hydrogens is 285 g/mol. The number of halogens is 3. The molecular formula is C10H9F3N2O5. The fraction of sp³-hybridized carbons (Fsp3) is 0.300. The first-order chi connectivity index (χ1) is 9.24. The average molecular weight is 294 g/mol. The molecule has 0 bridgehead atoms. The molecule has 0 radical (unpaired) electrons. The summed E-state index contributed by atoms with van der Waals surface area (Å²) in [6, 6.07) is 3.11. The topological polar surface area (TPSA) is 90.7 Å². The molecule has 0 aliphatic rings. The number of alkyl halides is 3. The molecule has 0 aliphatic heterocycles. The van der Waals surface area contributed by atoms with Crippen LogP contribution in [0.3, 0.4) is 0 Å². The number of amides is 1. The van der Waals surface area contributed by atoms with Gasteiger partial charge in [-0.05, 0) is 6.07 Å². The third-order valence-electron chi connectivity index (χ3n) is 2.04. The molecule has 1 rings (SSSR count). The van der Waals surface area contributed by atoms with Crippen LogP contribution in [0.2, 0.25) is 0 Å². The predicted octanol–water partition coefficient (Wildman–Crippen LogP) is 1.83. The monoisotopic (exact) mass is 294 g/mol. The van der Waals surface area contributed by atoms with E-state index in [0.717, 1.165) is 18.2 Å². The Kier molecular flexibility index (Phi) is 4.86. The van der Waals surface area contributed by atoms with Crippen LogP contribution in [0.4, 0.5) is 18.9 Å². The molecule has 0 atom stereocenters. The molecule has 110 valence electrons.